The highest BCUT2D eigenvalue weighted by atomic mass is 15.3. The van der Waals surface area contributed by atoms with E-state index in [1.165, 1.54) is 5.56 Å². The Morgan fingerprint density at radius 3 is 2.73 bits per heavy atom. The van der Waals surface area contributed by atoms with E-state index in [9.17, 15) is 0 Å². The maximum Gasteiger partial charge on any atom is 0.145 e. The van der Waals surface area contributed by atoms with Crippen LogP contribution in [0.2, 0.25) is 0 Å². The zero-order valence-electron chi connectivity index (χ0n) is 8.85. The number of hydrogen-bond acceptors (Lipinski definition) is 2. The van der Waals surface area contributed by atoms with Crippen molar-refractivity contribution in [1.29, 1.82) is 0 Å². The maximum absolute atomic E-state index is 5.61. The molecule has 1 heterocycles. The quantitative estimate of drug-likeness (QED) is 0.828. The Kier molecular flexibility index (Phi) is 2.72. The van der Waals surface area contributed by atoms with Crippen LogP contribution in [0.4, 0.5) is 5.82 Å². The van der Waals surface area contributed by atoms with Gasteiger partial charge in [0.2, 0.25) is 0 Å². The summed E-state index contributed by atoms with van der Waals surface area (Å²) in [4.78, 5) is 0. The van der Waals surface area contributed by atoms with Gasteiger partial charge in [-0.15, -0.1) is 0 Å². The summed E-state index contributed by atoms with van der Waals surface area (Å²) in [5.41, 5.74) is 8.04. The van der Waals surface area contributed by atoms with Gasteiger partial charge in [-0.05, 0) is 18.1 Å². The first kappa shape index (κ1) is 9.77. The summed E-state index contributed by atoms with van der Waals surface area (Å²) in [6.07, 6.45) is 4.09. The van der Waals surface area contributed by atoms with Gasteiger partial charge in [-0.25, -0.2) is 4.68 Å². The van der Waals surface area contributed by atoms with Crippen LogP contribution in [0.1, 0.15) is 18.9 Å². The van der Waals surface area contributed by atoms with Gasteiger partial charge in [0.25, 0.3) is 0 Å². The molecule has 0 amide bonds. The van der Waals surface area contributed by atoms with Gasteiger partial charge >= 0.3 is 0 Å². The average Bonchev–Trinajstić information content (AvgIpc) is 2.66. The topological polar surface area (TPSA) is 43.8 Å². The maximum atomic E-state index is 5.61. The summed E-state index contributed by atoms with van der Waals surface area (Å²) in [6.45, 7) is 2.17. The molecule has 0 saturated carbocycles. The van der Waals surface area contributed by atoms with Crippen molar-refractivity contribution >= 4 is 5.82 Å². The van der Waals surface area contributed by atoms with Gasteiger partial charge in [-0.2, -0.15) is 5.10 Å². The first-order valence-electron chi connectivity index (χ1n) is 5.20. The predicted molar refractivity (Wildman–Crippen MR) is 62.0 cm³/mol. The smallest absolute Gasteiger partial charge is 0.145 e. The number of anilines is 1. The third kappa shape index (κ3) is 2.01. The zero-order chi connectivity index (χ0) is 10.7. The fraction of sp³-hybridized carbons (Fsp3) is 0.250. The number of aromatic nitrogens is 2. The van der Waals surface area contributed by atoms with Crippen molar-refractivity contribution in [1.82, 2.24) is 9.78 Å². The van der Waals surface area contributed by atoms with Gasteiger partial charge in [-0.1, -0.05) is 31.5 Å². The molecule has 3 nitrogen and oxygen atoms in total. The van der Waals surface area contributed by atoms with Gasteiger partial charge in [0.15, 0.2) is 0 Å². The van der Waals surface area contributed by atoms with Crippen LogP contribution in [0.3, 0.4) is 0 Å². The van der Waals surface area contributed by atoms with E-state index in [4.69, 9.17) is 5.73 Å². The predicted octanol–water partition coefficient (Wildman–Crippen LogP) is 2.41. The van der Waals surface area contributed by atoms with Crippen LogP contribution in [-0.2, 0) is 6.42 Å². The van der Waals surface area contributed by atoms with Crippen molar-refractivity contribution in [2.75, 3.05) is 5.73 Å². The van der Waals surface area contributed by atoms with E-state index < -0.39 is 0 Å². The van der Waals surface area contributed by atoms with Crippen LogP contribution in [0.15, 0.2) is 36.5 Å². The number of rotatable bonds is 3. The molecule has 2 N–H and O–H groups in total. The summed E-state index contributed by atoms with van der Waals surface area (Å²) in [7, 11) is 0. The lowest BCUT2D eigenvalue weighted by molar-refractivity contribution is 0.843. The van der Waals surface area contributed by atoms with E-state index in [1.807, 2.05) is 23.0 Å². The minimum atomic E-state index is 0.557. The van der Waals surface area contributed by atoms with Gasteiger partial charge in [0.1, 0.15) is 5.82 Å². The third-order valence-electron chi connectivity index (χ3n) is 2.37. The van der Waals surface area contributed by atoms with Gasteiger partial charge in [-0.3, -0.25) is 0 Å². The van der Waals surface area contributed by atoms with E-state index >= 15 is 0 Å². The molecule has 0 atom stereocenters. The standard InChI is InChI=1S/C12H15N3/c1-2-5-10-6-3-4-7-11(10)15-9-8-12(13)14-15/h3-4,6-9H,2,5H2,1H3,(H2,13,14). The van der Waals surface area contributed by atoms with Gasteiger partial charge in [0.05, 0.1) is 5.69 Å². The Labute approximate surface area is 89.5 Å². The number of nitrogens with two attached hydrogens (primary N) is 1. The van der Waals surface area contributed by atoms with Crippen molar-refractivity contribution in [3.05, 3.63) is 42.1 Å². The normalized spacial score (nSPS) is 10.5. The number of para-hydroxylation sites is 1. The average molecular weight is 201 g/mol. The second-order valence-electron chi connectivity index (χ2n) is 3.56. The third-order valence-corrected chi connectivity index (χ3v) is 2.37. The highest BCUT2D eigenvalue weighted by Crippen LogP contribution is 2.16. The summed E-state index contributed by atoms with van der Waals surface area (Å²) in [5.74, 6) is 0.557. The molecule has 0 aliphatic heterocycles. The SMILES string of the molecule is CCCc1ccccc1-n1ccc(N)n1. The van der Waals surface area contributed by atoms with Crippen LogP contribution < -0.4 is 5.73 Å². The second-order valence-corrected chi connectivity index (χ2v) is 3.56. The summed E-state index contributed by atoms with van der Waals surface area (Å²) >= 11 is 0. The first-order valence-corrected chi connectivity index (χ1v) is 5.20. The van der Waals surface area contributed by atoms with Gasteiger partial charge < -0.3 is 5.73 Å². The fourth-order valence-electron chi connectivity index (χ4n) is 1.69. The second kappa shape index (κ2) is 4.17. The number of hydrogen-bond donors (Lipinski definition) is 1. The van der Waals surface area contributed by atoms with Crippen LogP contribution in [-0.4, -0.2) is 9.78 Å². The molecular formula is C12H15N3. The lowest BCUT2D eigenvalue weighted by Gasteiger charge is -2.07. The lowest BCUT2D eigenvalue weighted by atomic mass is 10.1. The zero-order valence-corrected chi connectivity index (χ0v) is 8.85. The Balaban J connectivity index is 2.42. The van der Waals surface area contributed by atoms with Crippen molar-refractivity contribution in [3.8, 4) is 5.69 Å². The molecule has 0 saturated heterocycles. The highest BCUT2D eigenvalue weighted by Gasteiger charge is 2.03. The lowest BCUT2D eigenvalue weighted by Crippen LogP contribution is -2.00. The van der Waals surface area contributed by atoms with E-state index in [1.54, 1.807) is 0 Å². The first-order chi connectivity index (χ1) is 7.31. The number of aryl methyl sites for hydroxylation is 1. The van der Waals surface area contributed by atoms with E-state index in [-0.39, 0.29) is 0 Å². The molecule has 0 aliphatic carbocycles. The van der Waals surface area contributed by atoms with Crippen LogP contribution in [0.5, 0.6) is 0 Å². The molecule has 0 bridgehead atoms. The Hall–Kier alpha value is -1.77. The Bertz CT molecular complexity index is 446. The minimum absolute atomic E-state index is 0.557. The highest BCUT2D eigenvalue weighted by molar-refractivity contribution is 5.42. The largest absolute Gasteiger partial charge is 0.382 e. The summed E-state index contributed by atoms with van der Waals surface area (Å²) in [5, 5.41) is 4.22. The molecule has 1 aromatic heterocycles. The molecule has 15 heavy (non-hydrogen) atoms. The number of nitrogens with zero attached hydrogens (tertiary/aromatic N) is 2. The van der Waals surface area contributed by atoms with Crippen molar-refractivity contribution < 1.29 is 0 Å². The Morgan fingerprint density at radius 1 is 1.27 bits per heavy atom. The molecule has 0 unspecified atom stereocenters. The molecule has 0 radical (unpaired) electrons. The monoisotopic (exact) mass is 201 g/mol. The molecule has 2 rings (SSSR count). The summed E-state index contributed by atoms with van der Waals surface area (Å²) < 4.78 is 1.83. The molecule has 2 aromatic rings. The van der Waals surface area contributed by atoms with E-state index in [0.717, 1.165) is 18.5 Å². The molecule has 0 fully saturated rings. The van der Waals surface area contributed by atoms with Crippen molar-refractivity contribution in [2.24, 2.45) is 0 Å². The van der Waals surface area contributed by atoms with Gasteiger partial charge in [0, 0.05) is 12.3 Å². The van der Waals surface area contributed by atoms with Crippen molar-refractivity contribution in [2.45, 2.75) is 19.8 Å². The summed E-state index contributed by atoms with van der Waals surface area (Å²) in [6, 6.07) is 10.1. The number of benzene rings is 1. The van der Waals surface area contributed by atoms with E-state index in [2.05, 4.69) is 30.2 Å². The Morgan fingerprint density at radius 2 is 2.07 bits per heavy atom. The molecule has 0 spiro atoms. The van der Waals surface area contributed by atoms with Crippen LogP contribution >= 0.6 is 0 Å². The minimum Gasteiger partial charge on any atom is -0.382 e. The molecule has 78 valence electrons. The fourth-order valence-corrected chi connectivity index (χ4v) is 1.69. The van der Waals surface area contributed by atoms with E-state index in [0.29, 0.717) is 5.82 Å². The van der Waals surface area contributed by atoms with Crippen molar-refractivity contribution in [3.63, 3.8) is 0 Å². The number of nitrogen functional groups attached to an aromatic ring is 1. The van der Waals surface area contributed by atoms with Crippen LogP contribution in [0, 0.1) is 0 Å². The molecular weight excluding hydrogens is 186 g/mol. The molecule has 3 heteroatoms. The van der Waals surface area contributed by atoms with Crippen LogP contribution in [0.25, 0.3) is 5.69 Å². The molecule has 0 aliphatic rings. The molecule has 1 aromatic carbocycles.